The largest absolute Gasteiger partial charge is 0.407 e. The normalized spacial score (nSPS) is 11.2. The van der Waals surface area contributed by atoms with Crippen LogP contribution in [0.5, 0.6) is 5.88 Å². The number of aromatic nitrogens is 1. The second-order valence-electron chi connectivity index (χ2n) is 3.90. The minimum Gasteiger partial charge on any atom is -0.407 e. The zero-order chi connectivity index (χ0) is 12.0. The van der Waals surface area contributed by atoms with E-state index in [0.717, 1.165) is 19.3 Å². The van der Waals surface area contributed by atoms with E-state index in [1.165, 1.54) is 0 Å². The van der Waals surface area contributed by atoms with Gasteiger partial charge in [-0.2, -0.15) is 0 Å². The van der Waals surface area contributed by atoms with Crippen molar-refractivity contribution in [1.82, 2.24) is 4.98 Å². The van der Waals surface area contributed by atoms with Crippen molar-refractivity contribution in [2.24, 2.45) is 5.41 Å². The molecule has 1 heterocycles. The summed E-state index contributed by atoms with van der Waals surface area (Å²) in [5.41, 5.74) is -0.364. The Morgan fingerprint density at radius 1 is 1.25 bits per heavy atom. The van der Waals surface area contributed by atoms with E-state index in [9.17, 15) is 4.79 Å². The smallest absolute Gasteiger partial charge is 0.318 e. The highest BCUT2D eigenvalue weighted by Gasteiger charge is 2.35. The third-order valence-electron chi connectivity index (χ3n) is 3.30. The van der Waals surface area contributed by atoms with Crippen LogP contribution in [0.1, 0.15) is 40.0 Å². The molecule has 0 saturated heterocycles. The molecule has 0 aromatic carbocycles. The molecular formula is C13H19NO2. The van der Waals surface area contributed by atoms with E-state index in [0.29, 0.717) is 5.88 Å². The lowest BCUT2D eigenvalue weighted by Gasteiger charge is -2.27. The monoisotopic (exact) mass is 221 g/mol. The minimum atomic E-state index is -0.364. The van der Waals surface area contributed by atoms with Gasteiger partial charge in [-0.05, 0) is 25.3 Å². The predicted octanol–water partition coefficient (Wildman–Crippen LogP) is 3.20. The molecule has 0 atom stereocenters. The van der Waals surface area contributed by atoms with Crippen LogP contribution in [0.2, 0.25) is 0 Å². The molecule has 0 bridgehead atoms. The average Bonchev–Trinajstić information content (AvgIpc) is 2.33. The Bertz CT molecular complexity index is 323. The Hall–Kier alpha value is -1.38. The van der Waals surface area contributed by atoms with Crippen molar-refractivity contribution < 1.29 is 9.53 Å². The number of nitrogens with zero attached hydrogens (tertiary/aromatic N) is 1. The van der Waals surface area contributed by atoms with Crippen molar-refractivity contribution in [1.29, 1.82) is 0 Å². The Morgan fingerprint density at radius 2 is 1.88 bits per heavy atom. The molecule has 1 aromatic rings. The van der Waals surface area contributed by atoms with Crippen molar-refractivity contribution in [3.8, 4) is 5.88 Å². The number of hydrogen-bond donors (Lipinski definition) is 0. The number of ether oxygens (including phenoxy) is 1. The average molecular weight is 221 g/mol. The first kappa shape index (κ1) is 12.7. The molecule has 1 rings (SSSR count). The third kappa shape index (κ3) is 2.60. The zero-order valence-electron chi connectivity index (χ0n) is 10.2. The standard InChI is InChI=1S/C13H19NO2/c1-4-13(5-2,6-3)12(15)16-11-9-7-8-10-14-11/h7-10H,4-6H2,1-3H3. The van der Waals surface area contributed by atoms with Crippen LogP contribution in [0, 0.1) is 5.41 Å². The number of rotatable bonds is 5. The highest BCUT2D eigenvalue weighted by molar-refractivity contribution is 5.78. The van der Waals surface area contributed by atoms with Gasteiger partial charge in [-0.15, -0.1) is 0 Å². The van der Waals surface area contributed by atoms with Crippen molar-refractivity contribution in [2.45, 2.75) is 40.0 Å². The van der Waals surface area contributed by atoms with E-state index in [-0.39, 0.29) is 11.4 Å². The molecule has 16 heavy (non-hydrogen) atoms. The van der Waals surface area contributed by atoms with E-state index in [4.69, 9.17) is 4.74 Å². The van der Waals surface area contributed by atoms with Gasteiger partial charge in [-0.3, -0.25) is 4.79 Å². The molecular weight excluding hydrogens is 202 g/mol. The molecule has 0 N–H and O–H groups in total. The number of esters is 1. The van der Waals surface area contributed by atoms with Gasteiger partial charge in [-0.1, -0.05) is 26.8 Å². The molecule has 0 radical (unpaired) electrons. The molecule has 3 heteroatoms. The fourth-order valence-electron chi connectivity index (χ4n) is 1.79. The van der Waals surface area contributed by atoms with Crippen molar-refractivity contribution in [3.05, 3.63) is 24.4 Å². The molecule has 0 saturated carbocycles. The van der Waals surface area contributed by atoms with E-state index in [1.807, 2.05) is 20.8 Å². The molecule has 3 nitrogen and oxygen atoms in total. The summed E-state index contributed by atoms with van der Waals surface area (Å²) in [4.78, 5) is 16.1. The maximum atomic E-state index is 12.1. The number of pyridine rings is 1. The van der Waals surface area contributed by atoms with Crippen LogP contribution in [-0.4, -0.2) is 11.0 Å². The molecule has 0 aliphatic heterocycles. The number of carbonyl (C=O) groups excluding carboxylic acids is 1. The van der Waals surface area contributed by atoms with Crippen LogP contribution < -0.4 is 4.74 Å². The first-order valence-corrected chi connectivity index (χ1v) is 5.81. The van der Waals surface area contributed by atoms with Gasteiger partial charge in [0, 0.05) is 12.3 Å². The number of hydrogen-bond acceptors (Lipinski definition) is 3. The summed E-state index contributed by atoms with van der Waals surface area (Å²) >= 11 is 0. The van der Waals surface area contributed by atoms with Gasteiger partial charge in [0.05, 0.1) is 5.41 Å². The maximum Gasteiger partial charge on any atom is 0.318 e. The van der Waals surface area contributed by atoms with Crippen LogP contribution in [-0.2, 0) is 4.79 Å². The van der Waals surface area contributed by atoms with Gasteiger partial charge in [0.1, 0.15) is 0 Å². The van der Waals surface area contributed by atoms with Crippen LogP contribution in [0.15, 0.2) is 24.4 Å². The van der Waals surface area contributed by atoms with Gasteiger partial charge in [-0.25, -0.2) is 4.98 Å². The fourth-order valence-corrected chi connectivity index (χ4v) is 1.79. The summed E-state index contributed by atoms with van der Waals surface area (Å²) < 4.78 is 5.30. The molecule has 0 aliphatic rings. The van der Waals surface area contributed by atoms with Gasteiger partial charge in [0.25, 0.3) is 0 Å². The molecule has 0 unspecified atom stereocenters. The summed E-state index contributed by atoms with van der Waals surface area (Å²) in [7, 11) is 0. The van der Waals surface area contributed by atoms with Crippen LogP contribution in [0.25, 0.3) is 0 Å². The minimum absolute atomic E-state index is 0.168. The van der Waals surface area contributed by atoms with E-state index >= 15 is 0 Å². The van der Waals surface area contributed by atoms with Gasteiger partial charge in [0.2, 0.25) is 5.88 Å². The Kier molecular flexibility index (Phi) is 4.47. The molecule has 0 fully saturated rings. The van der Waals surface area contributed by atoms with Crippen molar-refractivity contribution >= 4 is 5.97 Å². The molecule has 88 valence electrons. The highest BCUT2D eigenvalue weighted by atomic mass is 16.5. The highest BCUT2D eigenvalue weighted by Crippen LogP contribution is 2.32. The SMILES string of the molecule is CCC(CC)(CC)C(=O)Oc1ccccn1. The topological polar surface area (TPSA) is 39.2 Å². The summed E-state index contributed by atoms with van der Waals surface area (Å²) in [6.45, 7) is 6.06. The van der Waals surface area contributed by atoms with Crippen LogP contribution in [0.3, 0.4) is 0 Å². The lowest BCUT2D eigenvalue weighted by Crippen LogP contribution is -2.33. The second-order valence-corrected chi connectivity index (χ2v) is 3.90. The predicted molar refractivity (Wildman–Crippen MR) is 63.2 cm³/mol. The lowest BCUT2D eigenvalue weighted by atomic mass is 9.80. The third-order valence-corrected chi connectivity index (χ3v) is 3.30. The summed E-state index contributed by atoms with van der Waals surface area (Å²) in [5, 5.41) is 0. The first-order chi connectivity index (χ1) is 7.68. The molecule has 1 aromatic heterocycles. The van der Waals surface area contributed by atoms with Crippen LogP contribution in [0.4, 0.5) is 0 Å². The van der Waals surface area contributed by atoms with Crippen LogP contribution >= 0.6 is 0 Å². The maximum absolute atomic E-state index is 12.1. The molecule has 0 amide bonds. The summed E-state index contributed by atoms with van der Waals surface area (Å²) in [6, 6.07) is 5.30. The fraction of sp³-hybridized carbons (Fsp3) is 0.538. The zero-order valence-corrected chi connectivity index (χ0v) is 10.2. The Labute approximate surface area is 96.8 Å². The van der Waals surface area contributed by atoms with Crippen molar-refractivity contribution in [2.75, 3.05) is 0 Å². The van der Waals surface area contributed by atoms with E-state index in [1.54, 1.807) is 24.4 Å². The van der Waals surface area contributed by atoms with Gasteiger partial charge in [0.15, 0.2) is 0 Å². The number of carbonyl (C=O) groups is 1. The Balaban J connectivity index is 2.78. The molecule has 0 spiro atoms. The Morgan fingerprint density at radius 3 is 2.31 bits per heavy atom. The van der Waals surface area contributed by atoms with E-state index < -0.39 is 0 Å². The van der Waals surface area contributed by atoms with E-state index in [2.05, 4.69) is 4.98 Å². The van der Waals surface area contributed by atoms with Gasteiger partial charge < -0.3 is 4.74 Å². The van der Waals surface area contributed by atoms with Gasteiger partial charge >= 0.3 is 5.97 Å². The molecule has 0 aliphatic carbocycles. The summed E-state index contributed by atoms with van der Waals surface area (Å²) in [5.74, 6) is 0.214. The van der Waals surface area contributed by atoms with Crippen molar-refractivity contribution in [3.63, 3.8) is 0 Å². The summed E-state index contributed by atoms with van der Waals surface area (Å²) in [6.07, 6.45) is 4.01. The quantitative estimate of drug-likeness (QED) is 0.717. The second kappa shape index (κ2) is 5.64. The lowest BCUT2D eigenvalue weighted by molar-refractivity contribution is -0.147. The first-order valence-electron chi connectivity index (χ1n) is 5.81.